The Hall–Kier alpha value is -1.81. The maximum absolute atomic E-state index is 8.95. The lowest BCUT2D eigenvalue weighted by Gasteiger charge is -2.01. The third-order valence-electron chi connectivity index (χ3n) is 2.02. The second-order valence-corrected chi connectivity index (χ2v) is 3.25. The largest absolute Gasteiger partial charge is 0.390 e. The van der Waals surface area contributed by atoms with Crippen molar-refractivity contribution < 1.29 is 5.11 Å². The molecule has 0 aliphatic carbocycles. The monoisotopic (exact) mass is 201 g/mol. The maximum Gasteiger partial charge on any atom is 0.178 e. The third kappa shape index (κ3) is 2.16. The van der Waals surface area contributed by atoms with Crippen LogP contribution in [0.2, 0.25) is 0 Å². The van der Waals surface area contributed by atoms with E-state index < -0.39 is 0 Å². The highest BCUT2D eigenvalue weighted by molar-refractivity contribution is 5.49. The van der Waals surface area contributed by atoms with Crippen LogP contribution in [-0.2, 0) is 6.61 Å². The summed E-state index contributed by atoms with van der Waals surface area (Å²) < 4.78 is 0. The average Bonchev–Trinajstić information content (AvgIpc) is 2.29. The molecule has 0 bridgehead atoms. The van der Waals surface area contributed by atoms with Crippen molar-refractivity contribution in [2.24, 2.45) is 0 Å². The molecule has 2 aromatic rings. The van der Waals surface area contributed by atoms with Gasteiger partial charge in [0.1, 0.15) is 5.69 Å². The molecule has 1 N–H and O–H groups in total. The van der Waals surface area contributed by atoms with Gasteiger partial charge in [-0.1, -0.05) is 0 Å². The molecule has 0 radical (unpaired) electrons. The van der Waals surface area contributed by atoms with E-state index >= 15 is 0 Å². The summed E-state index contributed by atoms with van der Waals surface area (Å²) in [6.45, 7) is 1.91. The van der Waals surface area contributed by atoms with E-state index in [-0.39, 0.29) is 6.61 Å². The van der Waals surface area contributed by atoms with E-state index in [1.807, 2.05) is 19.1 Å². The summed E-state index contributed by atoms with van der Waals surface area (Å²) in [4.78, 5) is 12.5. The zero-order valence-electron chi connectivity index (χ0n) is 8.38. The first-order chi connectivity index (χ1) is 7.29. The van der Waals surface area contributed by atoms with Crippen molar-refractivity contribution in [3.8, 4) is 11.5 Å². The second kappa shape index (κ2) is 4.14. The SMILES string of the molecule is Cc1ccnc(-c2nccc(CO)n2)c1. The molecule has 0 aromatic carbocycles. The van der Waals surface area contributed by atoms with Crippen LogP contribution in [0, 0.1) is 6.92 Å². The number of rotatable bonds is 2. The highest BCUT2D eigenvalue weighted by atomic mass is 16.3. The van der Waals surface area contributed by atoms with E-state index in [1.165, 1.54) is 0 Å². The number of pyridine rings is 1. The number of aromatic nitrogens is 3. The van der Waals surface area contributed by atoms with Crippen LogP contribution in [0.25, 0.3) is 11.5 Å². The minimum atomic E-state index is -0.0820. The Morgan fingerprint density at radius 1 is 1.20 bits per heavy atom. The minimum absolute atomic E-state index is 0.0820. The van der Waals surface area contributed by atoms with E-state index in [2.05, 4.69) is 15.0 Å². The van der Waals surface area contributed by atoms with Gasteiger partial charge in [-0.2, -0.15) is 0 Å². The molecule has 0 saturated carbocycles. The van der Waals surface area contributed by atoms with Gasteiger partial charge in [-0.3, -0.25) is 4.98 Å². The zero-order chi connectivity index (χ0) is 10.7. The summed E-state index contributed by atoms with van der Waals surface area (Å²) in [5.74, 6) is 0.547. The van der Waals surface area contributed by atoms with Crippen molar-refractivity contribution in [3.63, 3.8) is 0 Å². The Balaban J connectivity index is 2.44. The molecule has 2 aromatic heterocycles. The summed E-state index contributed by atoms with van der Waals surface area (Å²) in [7, 11) is 0. The smallest absolute Gasteiger partial charge is 0.178 e. The van der Waals surface area contributed by atoms with E-state index in [1.54, 1.807) is 18.5 Å². The van der Waals surface area contributed by atoms with Gasteiger partial charge in [0.05, 0.1) is 12.3 Å². The van der Waals surface area contributed by atoms with E-state index in [0.717, 1.165) is 11.3 Å². The molecule has 2 rings (SSSR count). The van der Waals surface area contributed by atoms with Crippen LogP contribution >= 0.6 is 0 Å². The lowest BCUT2D eigenvalue weighted by Crippen LogP contribution is -1.96. The van der Waals surface area contributed by atoms with Gasteiger partial charge < -0.3 is 5.11 Å². The van der Waals surface area contributed by atoms with E-state index in [0.29, 0.717) is 11.5 Å². The van der Waals surface area contributed by atoms with Crippen molar-refractivity contribution in [1.82, 2.24) is 15.0 Å². The molecular weight excluding hydrogens is 190 g/mol. The van der Waals surface area contributed by atoms with Crippen LogP contribution < -0.4 is 0 Å². The van der Waals surface area contributed by atoms with Crippen LogP contribution in [0.1, 0.15) is 11.3 Å². The van der Waals surface area contributed by atoms with Crippen molar-refractivity contribution in [3.05, 3.63) is 41.9 Å². The number of aliphatic hydroxyl groups excluding tert-OH is 1. The van der Waals surface area contributed by atoms with Crippen LogP contribution in [0.4, 0.5) is 0 Å². The summed E-state index contributed by atoms with van der Waals surface area (Å²) in [6.07, 6.45) is 3.34. The van der Waals surface area contributed by atoms with E-state index in [4.69, 9.17) is 5.11 Å². The molecule has 0 fully saturated rings. The quantitative estimate of drug-likeness (QED) is 0.796. The fourth-order valence-corrected chi connectivity index (χ4v) is 1.27. The Bertz CT molecular complexity index is 471. The van der Waals surface area contributed by atoms with Crippen molar-refractivity contribution in [2.45, 2.75) is 13.5 Å². The normalized spacial score (nSPS) is 10.3. The van der Waals surface area contributed by atoms with Crippen LogP contribution in [0.15, 0.2) is 30.6 Å². The first kappa shape index (κ1) is 9.73. The topological polar surface area (TPSA) is 58.9 Å². The van der Waals surface area contributed by atoms with Crippen LogP contribution in [-0.4, -0.2) is 20.1 Å². The van der Waals surface area contributed by atoms with E-state index in [9.17, 15) is 0 Å². The van der Waals surface area contributed by atoms with Gasteiger partial charge in [0.15, 0.2) is 5.82 Å². The highest BCUT2D eigenvalue weighted by Gasteiger charge is 2.03. The Morgan fingerprint density at radius 2 is 2.00 bits per heavy atom. The lowest BCUT2D eigenvalue weighted by molar-refractivity contribution is 0.277. The fourth-order valence-electron chi connectivity index (χ4n) is 1.27. The lowest BCUT2D eigenvalue weighted by atomic mass is 10.2. The summed E-state index contributed by atoms with van der Waals surface area (Å²) in [5.41, 5.74) is 2.44. The molecule has 4 heteroatoms. The Morgan fingerprint density at radius 3 is 2.73 bits per heavy atom. The number of aliphatic hydroxyl groups is 1. The molecular formula is C11H11N3O. The molecule has 0 amide bonds. The molecule has 4 nitrogen and oxygen atoms in total. The van der Waals surface area contributed by atoms with Gasteiger partial charge in [-0.25, -0.2) is 9.97 Å². The first-order valence-electron chi connectivity index (χ1n) is 4.65. The summed E-state index contributed by atoms with van der Waals surface area (Å²) in [6, 6.07) is 5.51. The van der Waals surface area contributed by atoms with Gasteiger partial charge in [0, 0.05) is 12.4 Å². The number of aryl methyl sites for hydroxylation is 1. The molecule has 0 saturated heterocycles. The van der Waals surface area contributed by atoms with Gasteiger partial charge in [0.2, 0.25) is 0 Å². The Labute approximate surface area is 87.7 Å². The average molecular weight is 201 g/mol. The van der Waals surface area contributed by atoms with Gasteiger partial charge in [0.25, 0.3) is 0 Å². The molecule has 0 unspecified atom stereocenters. The number of hydrogen-bond acceptors (Lipinski definition) is 4. The van der Waals surface area contributed by atoms with Crippen LogP contribution in [0.3, 0.4) is 0 Å². The number of hydrogen-bond donors (Lipinski definition) is 1. The fraction of sp³-hybridized carbons (Fsp3) is 0.182. The van der Waals surface area contributed by atoms with Gasteiger partial charge in [-0.15, -0.1) is 0 Å². The second-order valence-electron chi connectivity index (χ2n) is 3.25. The molecule has 0 aliphatic heterocycles. The minimum Gasteiger partial charge on any atom is -0.390 e. The predicted molar refractivity (Wildman–Crippen MR) is 55.9 cm³/mol. The number of nitrogens with zero attached hydrogens (tertiary/aromatic N) is 3. The Kier molecular flexibility index (Phi) is 2.69. The van der Waals surface area contributed by atoms with Crippen LogP contribution in [0.5, 0.6) is 0 Å². The third-order valence-corrected chi connectivity index (χ3v) is 2.02. The highest BCUT2D eigenvalue weighted by Crippen LogP contribution is 2.12. The molecule has 0 atom stereocenters. The van der Waals surface area contributed by atoms with Crippen molar-refractivity contribution in [2.75, 3.05) is 0 Å². The van der Waals surface area contributed by atoms with Crippen molar-refractivity contribution in [1.29, 1.82) is 0 Å². The van der Waals surface area contributed by atoms with Crippen molar-refractivity contribution >= 4 is 0 Å². The molecule has 15 heavy (non-hydrogen) atoms. The molecule has 2 heterocycles. The van der Waals surface area contributed by atoms with Gasteiger partial charge in [-0.05, 0) is 30.7 Å². The predicted octanol–water partition coefficient (Wildman–Crippen LogP) is 1.34. The standard InChI is InChI=1S/C11H11N3O/c1-8-2-4-12-10(6-8)11-13-5-3-9(7-15)14-11/h2-6,15H,7H2,1H3. The molecule has 0 spiro atoms. The van der Waals surface area contributed by atoms with Gasteiger partial charge >= 0.3 is 0 Å². The first-order valence-corrected chi connectivity index (χ1v) is 4.65. The summed E-state index contributed by atoms with van der Waals surface area (Å²) in [5, 5.41) is 8.95. The zero-order valence-corrected chi connectivity index (χ0v) is 8.38. The summed E-state index contributed by atoms with van der Waals surface area (Å²) >= 11 is 0. The molecule has 76 valence electrons. The molecule has 0 aliphatic rings. The maximum atomic E-state index is 8.95.